The fraction of sp³-hybridized carbons (Fsp3) is 0.385. The molecule has 0 aliphatic rings. The molecule has 0 fully saturated rings. The molecular formula is C13H16N2O5S. The first kappa shape index (κ1) is 17.1. The number of benzene rings is 1. The Morgan fingerprint density at radius 3 is 2.81 bits per heavy atom. The standard InChI is InChI=1S/C13H16N2O5S/c1-20-6-5-12(13(16)17)15-21(18,19)9-11-4-2-3-10(7-11)8-14/h2-4,7,12,15H,5-6,9H2,1H3,(H,16,17). The van der Waals surface area contributed by atoms with Gasteiger partial charge in [0, 0.05) is 13.7 Å². The largest absolute Gasteiger partial charge is 0.480 e. The van der Waals surface area contributed by atoms with Gasteiger partial charge in [0.2, 0.25) is 10.0 Å². The van der Waals surface area contributed by atoms with Gasteiger partial charge in [0.25, 0.3) is 0 Å². The highest BCUT2D eigenvalue weighted by atomic mass is 32.2. The predicted octanol–water partition coefficient (Wildman–Crippen LogP) is 0.467. The first-order valence-electron chi connectivity index (χ1n) is 6.08. The number of carboxylic acids is 1. The molecule has 0 aliphatic carbocycles. The molecule has 7 nitrogen and oxygen atoms in total. The molecule has 0 amide bonds. The van der Waals surface area contributed by atoms with E-state index in [1.165, 1.54) is 13.2 Å². The third kappa shape index (κ3) is 5.91. The summed E-state index contributed by atoms with van der Waals surface area (Å²) in [5, 5.41) is 17.8. The van der Waals surface area contributed by atoms with Gasteiger partial charge in [-0.2, -0.15) is 5.26 Å². The van der Waals surface area contributed by atoms with Crippen molar-refractivity contribution in [1.29, 1.82) is 5.26 Å². The Hall–Kier alpha value is -1.95. The maximum absolute atomic E-state index is 12.0. The first-order valence-corrected chi connectivity index (χ1v) is 7.74. The summed E-state index contributed by atoms with van der Waals surface area (Å²) in [5.41, 5.74) is 0.759. The van der Waals surface area contributed by atoms with Crippen LogP contribution in [-0.4, -0.2) is 39.3 Å². The van der Waals surface area contributed by atoms with Gasteiger partial charge >= 0.3 is 5.97 Å². The van der Waals surface area contributed by atoms with E-state index in [4.69, 9.17) is 15.1 Å². The van der Waals surface area contributed by atoms with Gasteiger partial charge in [-0.25, -0.2) is 13.1 Å². The highest BCUT2D eigenvalue weighted by Gasteiger charge is 2.24. The number of nitriles is 1. The van der Waals surface area contributed by atoms with Crippen LogP contribution in [0.25, 0.3) is 0 Å². The van der Waals surface area contributed by atoms with Crippen LogP contribution in [0.15, 0.2) is 24.3 Å². The number of nitrogens with zero attached hydrogens (tertiary/aromatic N) is 1. The van der Waals surface area contributed by atoms with E-state index in [1.54, 1.807) is 18.2 Å². The third-order valence-corrected chi connectivity index (χ3v) is 4.00. The lowest BCUT2D eigenvalue weighted by atomic mass is 10.2. The number of hydrogen-bond donors (Lipinski definition) is 2. The van der Waals surface area contributed by atoms with Crippen LogP contribution in [0.5, 0.6) is 0 Å². The van der Waals surface area contributed by atoms with Gasteiger partial charge in [-0.3, -0.25) is 4.79 Å². The maximum atomic E-state index is 12.0. The lowest BCUT2D eigenvalue weighted by Crippen LogP contribution is -2.41. The first-order chi connectivity index (χ1) is 9.88. The van der Waals surface area contributed by atoms with E-state index < -0.39 is 22.0 Å². The van der Waals surface area contributed by atoms with Crippen LogP contribution in [0.4, 0.5) is 0 Å². The van der Waals surface area contributed by atoms with Gasteiger partial charge in [0.05, 0.1) is 17.4 Å². The van der Waals surface area contributed by atoms with E-state index >= 15 is 0 Å². The Balaban J connectivity index is 2.80. The summed E-state index contributed by atoms with van der Waals surface area (Å²) in [6.45, 7) is 0.128. The molecule has 0 saturated carbocycles. The third-order valence-electron chi connectivity index (χ3n) is 2.64. The van der Waals surface area contributed by atoms with E-state index in [-0.39, 0.29) is 18.8 Å². The van der Waals surface area contributed by atoms with Crippen LogP contribution in [0.3, 0.4) is 0 Å². The minimum absolute atomic E-state index is 0.0311. The van der Waals surface area contributed by atoms with E-state index in [0.29, 0.717) is 11.1 Å². The number of aliphatic carboxylic acids is 1. The van der Waals surface area contributed by atoms with E-state index in [0.717, 1.165) is 0 Å². The summed E-state index contributed by atoms with van der Waals surface area (Å²) in [6, 6.07) is 6.81. The fourth-order valence-corrected chi connectivity index (χ4v) is 3.03. The molecule has 21 heavy (non-hydrogen) atoms. The lowest BCUT2D eigenvalue weighted by molar-refractivity contribution is -0.139. The van der Waals surface area contributed by atoms with Crippen LogP contribution >= 0.6 is 0 Å². The number of hydrogen-bond acceptors (Lipinski definition) is 5. The number of carboxylic acid groups (broad SMARTS) is 1. The molecule has 1 rings (SSSR count). The zero-order valence-corrected chi connectivity index (χ0v) is 12.3. The monoisotopic (exact) mass is 312 g/mol. The van der Waals surface area contributed by atoms with Gasteiger partial charge in [0.1, 0.15) is 6.04 Å². The highest BCUT2D eigenvalue weighted by Crippen LogP contribution is 2.09. The molecule has 0 heterocycles. The second kappa shape index (κ2) is 7.73. The SMILES string of the molecule is COCCC(NS(=O)(=O)Cc1cccc(C#N)c1)C(=O)O. The zero-order valence-electron chi connectivity index (χ0n) is 11.4. The van der Waals surface area contributed by atoms with Crippen LogP contribution in [0.1, 0.15) is 17.5 Å². The average molecular weight is 312 g/mol. The van der Waals surface area contributed by atoms with Gasteiger partial charge < -0.3 is 9.84 Å². The second-order valence-corrected chi connectivity index (χ2v) is 6.12. The highest BCUT2D eigenvalue weighted by molar-refractivity contribution is 7.88. The average Bonchev–Trinajstić information content (AvgIpc) is 2.42. The molecule has 0 saturated heterocycles. The van der Waals surface area contributed by atoms with Crippen molar-refractivity contribution in [2.24, 2.45) is 0 Å². The number of methoxy groups -OCH3 is 1. The lowest BCUT2D eigenvalue weighted by Gasteiger charge is -2.14. The van der Waals surface area contributed by atoms with E-state index in [2.05, 4.69) is 4.72 Å². The Morgan fingerprint density at radius 1 is 1.52 bits per heavy atom. The van der Waals surface area contributed by atoms with Crippen molar-refractivity contribution in [2.45, 2.75) is 18.2 Å². The van der Waals surface area contributed by atoms with Crippen molar-refractivity contribution >= 4 is 16.0 Å². The molecule has 0 radical (unpaired) electrons. The Kier molecular flexibility index (Phi) is 6.30. The van der Waals surface area contributed by atoms with Crippen molar-refractivity contribution in [3.05, 3.63) is 35.4 Å². The number of sulfonamides is 1. The quantitative estimate of drug-likeness (QED) is 0.720. The molecule has 0 aromatic heterocycles. The fourth-order valence-electron chi connectivity index (χ4n) is 1.68. The van der Waals surface area contributed by atoms with Gasteiger partial charge in [-0.15, -0.1) is 0 Å². The molecule has 1 unspecified atom stereocenters. The van der Waals surface area contributed by atoms with Gasteiger partial charge in [-0.05, 0) is 24.1 Å². The van der Waals surface area contributed by atoms with Crippen LogP contribution in [-0.2, 0) is 25.3 Å². The summed E-state index contributed by atoms with van der Waals surface area (Å²) >= 11 is 0. The van der Waals surface area contributed by atoms with Crippen molar-refractivity contribution < 1.29 is 23.1 Å². The molecule has 0 bridgehead atoms. The summed E-state index contributed by atoms with van der Waals surface area (Å²) in [4.78, 5) is 11.0. The maximum Gasteiger partial charge on any atom is 0.321 e. The Bertz CT molecular complexity index is 636. The van der Waals surface area contributed by atoms with Crippen molar-refractivity contribution in [3.63, 3.8) is 0 Å². The number of ether oxygens (including phenoxy) is 1. The second-order valence-electron chi connectivity index (χ2n) is 4.36. The smallest absolute Gasteiger partial charge is 0.321 e. The van der Waals surface area contributed by atoms with Crippen molar-refractivity contribution in [2.75, 3.05) is 13.7 Å². The van der Waals surface area contributed by atoms with Crippen molar-refractivity contribution in [1.82, 2.24) is 4.72 Å². The zero-order chi connectivity index (χ0) is 15.9. The number of rotatable bonds is 8. The normalized spacial score (nSPS) is 12.6. The minimum Gasteiger partial charge on any atom is -0.480 e. The number of nitrogens with one attached hydrogen (secondary N) is 1. The van der Waals surface area contributed by atoms with Crippen molar-refractivity contribution in [3.8, 4) is 6.07 Å². The van der Waals surface area contributed by atoms with Crippen LogP contribution in [0, 0.1) is 11.3 Å². The van der Waals surface area contributed by atoms with E-state index in [1.807, 2.05) is 6.07 Å². The minimum atomic E-state index is -3.83. The Labute approximate surface area is 123 Å². The molecule has 114 valence electrons. The van der Waals surface area contributed by atoms with Crippen LogP contribution < -0.4 is 4.72 Å². The van der Waals surface area contributed by atoms with Gasteiger partial charge in [-0.1, -0.05) is 12.1 Å². The Morgan fingerprint density at radius 2 is 2.24 bits per heavy atom. The molecule has 1 aromatic rings. The molecule has 1 atom stereocenters. The summed E-state index contributed by atoms with van der Waals surface area (Å²) in [7, 11) is -2.43. The molecule has 2 N–H and O–H groups in total. The topological polar surface area (TPSA) is 116 Å². The summed E-state index contributed by atoms with van der Waals surface area (Å²) < 4.78 is 30.8. The van der Waals surface area contributed by atoms with Crippen LogP contribution in [0.2, 0.25) is 0 Å². The summed E-state index contributed by atoms with van der Waals surface area (Å²) in [5.74, 6) is -1.65. The molecular weight excluding hydrogens is 296 g/mol. The summed E-state index contributed by atoms with van der Waals surface area (Å²) in [6.07, 6.45) is 0.0311. The molecule has 0 spiro atoms. The molecule has 0 aliphatic heterocycles. The molecule has 8 heteroatoms. The molecule has 1 aromatic carbocycles. The van der Waals surface area contributed by atoms with E-state index in [9.17, 15) is 13.2 Å². The number of carbonyl (C=O) groups is 1. The van der Waals surface area contributed by atoms with Gasteiger partial charge in [0.15, 0.2) is 0 Å². The predicted molar refractivity (Wildman–Crippen MR) is 74.8 cm³/mol.